The maximum atomic E-state index is 13.6. The molecule has 4 bridgehead atoms. The molecule has 4 nitrogen and oxygen atoms in total. The number of carbonyl (C=O) groups is 1. The fourth-order valence-electron chi connectivity index (χ4n) is 7.95. The zero-order chi connectivity index (χ0) is 21.5. The summed E-state index contributed by atoms with van der Waals surface area (Å²) >= 11 is 0. The third-order valence-electron chi connectivity index (χ3n) is 9.19. The third-order valence-corrected chi connectivity index (χ3v) is 9.19. The van der Waals surface area contributed by atoms with Crippen molar-refractivity contribution in [3.63, 3.8) is 0 Å². The van der Waals surface area contributed by atoms with Gasteiger partial charge in [0, 0.05) is 34.8 Å². The number of ketones is 1. The van der Waals surface area contributed by atoms with E-state index in [0.717, 1.165) is 43.4 Å². The number of phenols is 2. The van der Waals surface area contributed by atoms with E-state index in [4.69, 9.17) is 0 Å². The molecule has 1 saturated heterocycles. The fraction of sp³-hybridized carbons (Fsp3) is 0.444. The standard InChI is InChI=1S/C27H29NO3/c1-16(17-6-4-3-5-7-17)19-15-26-11-10-20(29)24(19)27(26)12-13-28(2)22(26)14-18-8-9-21(30)25(31)23(18)27/h3-9,22,24,30-31H,10-15H2,1-2H3/b19-16-/t22-,24?,26-,27+/m1/s1. The molecule has 2 N–H and O–H groups in total. The lowest BCUT2D eigenvalue weighted by molar-refractivity contribution is -0.138. The number of carbonyl (C=O) groups excluding carboxylic acids is 1. The van der Waals surface area contributed by atoms with E-state index in [2.05, 4.69) is 43.1 Å². The maximum absolute atomic E-state index is 13.6. The van der Waals surface area contributed by atoms with Crippen molar-refractivity contribution in [1.82, 2.24) is 4.90 Å². The van der Waals surface area contributed by atoms with Crippen molar-refractivity contribution in [3.05, 3.63) is 64.7 Å². The Morgan fingerprint density at radius 2 is 1.87 bits per heavy atom. The molecule has 0 aromatic heterocycles. The van der Waals surface area contributed by atoms with Gasteiger partial charge in [-0.25, -0.2) is 0 Å². The zero-order valence-corrected chi connectivity index (χ0v) is 18.2. The van der Waals surface area contributed by atoms with Crippen molar-refractivity contribution < 1.29 is 15.0 Å². The van der Waals surface area contributed by atoms with Gasteiger partial charge in [-0.15, -0.1) is 0 Å². The van der Waals surface area contributed by atoms with E-state index in [1.54, 1.807) is 6.07 Å². The highest BCUT2D eigenvalue weighted by molar-refractivity contribution is 5.92. The van der Waals surface area contributed by atoms with E-state index in [-0.39, 0.29) is 22.8 Å². The quantitative estimate of drug-likeness (QED) is 0.676. The van der Waals surface area contributed by atoms with Crippen LogP contribution in [0.15, 0.2) is 48.0 Å². The molecule has 4 aliphatic rings. The summed E-state index contributed by atoms with van der Waals surface area (Å²) in [6.45, 7) is 3.07. The summed E-state index contributed by atoms with van der Waals surface area (Å²) in [7, 11) is 2.21. The van der Waals surface area contributed by atoms with Crippen molar-refractivity contribution in [2.45, 2.75) is 50.5 Å². The van der Waals surface area contributed by atoms with E-state index in [1.807, 2.05) is 12.1 Å². The molecule has 3 aliphatic carbocycles. The number of allylic oxidation sites excluding steroid dienone is 2. The first-order valence-corrected chi connectivity index (χ1v) is 11.4. The minimum atomic E-state index is -0.429. The van der Waals surface area contributed by atoms with Crippen molar-refractivity contribution in [2.24, 2.45) is 11.3 Å². The summed E-state index contributed by atoms with van der Waals surface area (Å²) in [5.74, 6) is 0.0216. The summed E-state index contributed by atoms with van der Waals surface area (Å²) in [5.41, 5.74) is 5.09. The van der Waals surface area contributed by atoms with Gasteiger partial charge >= 0.3 is 0 Å². The Morgan fingerprint density at radius 3 is 2.65 bits per heavy atom. The van der Waals surface area contributed by atoms with Crippen LogP contribution in [0.5, 0.6) is 11.5 Å². The highest BCUT2D eigenvalue weighted by Crippen LogP contribution is 2.74. The van der Waals surface area contributed by atoms with Gasteiger partial charge in [-0.1, -0.05) is 42.0 Å². The molecule has 6 rings (SSSR count). The predicted octanol–water partition coefficient (Wildman–Crippen LogP) is 4.44. The molecule has 0 spiro atoms. The second-order valence-electron chi connectivity index (χ2n) is 10.1. The van der Waals surface area contributed by atoms with Crippen LogP contribution in [0.1, 0.15) is 49.3 Å². The molecule has 4 atom stereocenters. The predicted molar refractivity (Wildman–Crippen MR) is 120 cm³/mol. The minimum absolute atomic E-state index is 0.00296. The van der Waals surface area contributed by atoms with Crippen LogP contribution in [0.25, 0.3) is 5.57 Å². The van der Waals surface area contributed by atoms with Gasteiger partial charge in [0.15, 0.2) is 11.5 Å². The van der Waals surface area contributed by atoms with E-state index >= 15 is 0 Å². The number of benzene rings is 2. The number of hydrogen-bond acceptors (Lipinski definition) is 4. The Balaban J connectivity index is 1.69. The number of nitrogens with zero attached hydrogens (tertiary/aromatic N) is 1. The van der Waals surface area contributed by atoms with Crippen molar-refractivity contribution in [1.29, 1.82) is 0 Å². The Kier molecular flexibility index (Phi) is 3.84. The van der Waals surface area contributed by atoms with E-state index in [0.29, 0.717) is 18.2 Å². The molecule has 4 heteroatoms. The molecule has 1 heterocycles. The van der Waals surface area contributed by atoms with Crippen LogP contribution in [-0.4, -0.2) is 40.5 Å². The van der Waals surface area contributed by atoms with Crippen LogP contribution < -0.4 is 0 Å². The Bertz CT molecular complexity index is 1140. The van der Waals surface area contributed by atoms with Gasteiger partial charge in [-0.05, 0) is 69.0 Å². The maximum Gasteiger partial charge on any atom is 0.161 e. The number of piperidine rings is 1. The van der Waals surface area contributed by atoms with Crippen molar-refractivity contribution >= 4 is 11.4 Å². The van der Waals surface area contributed by atoms with E-state index in [1.165, 1.54) is 16.7 Å². The Labute approximate surface area is 183 Å². The number of aromatic hydroxyl groups is 2. The average Bonchev–Trinajstić information content (AvgIpc) is 3.01. The topological polar surface area (TPSA) is 60.8 Å². The second kappa shape index (κ2) is 6.23. The number of fused-ring (bicyclic) bond motifs is 1. The summed E-state index contributed by atoms with van der Waals surface area (Å²) in [6.07, 6.45) is 4.06. The summed E-state index contributed by atoms with van der Waals surface area (Å²) in [4.78, 5) is 16.1. The van der Waals surface area contributed by atoms with Gasteiger partial charge in [0.1, 0.15) is 5.78 Å². The summed E-state index contributed by atoms with van der Waals surface area (Å²) < 4.78 is 0. The van der Waals surface area contributed by atoms with Crippen LogP contribution >= 0.6 is 0 Å². The van der Waals surface area contributed by atoms with Crippen LogP contribution in [-0.2, 0) is 16.6 Å². The number of phenolic OH excluding ortho intramolecular Hbond substituents is 2. The molecule has 0 amide bonds. The number of rotatable bonds is 1. The molecule has 31 heavy (non-hydrogen) atoms. The largest absolute Gasteiger partial charge is 0.504 e. The van der Waals surface area contributed by atoms with Gasteiger partial charge in [-0.2, -0.15) is 0 Å². The first kappa shape index (κ1) is 19.1. The normalized spacial score (nSPS) is 35.5. The number of likely N-dealkylation sites (N-methyl/N-ethyl adjacent to an activating group) is 1. The minimum Gasteiger partial charge on any atom is -0.504 e. The van der Waals surface area contributed by atoms with Crippen molar-refractivity contribution in [2.75, 3.05) is 13.6 Å². The first-order chi connectivity index (χ1) is 14.9. The Hall–Kier alpha value is -2.59. The fourth-order valence-corrected chi connectivity index (χ4v) is 7.95. The van der Waals surface area contributed by atoms with E-state index < -0.39 is 5.41 Å². The lowest BCUT2D eigenvalue weighted by Gasteiger charge is -2.64. The van der Waals surface area contributed by atoms with Crippen LogP contribution in [0.4, 0.5) is 0 Å². The first-order valence-electron chi connectivity index (χ1n) is 11.4. The van der Waals surface area contributed by atoms with Gasteiger partial charge in [-0.3, -0.25) is 4.79 Å². The molecule has 2 saturated carbocycles. The molecule has 1 unspecified atom stereocenters. The number of likely N-dealkylation sites (tertiary alicyclic amines) is 1. The molecular formula is C27H29NO3. The molecule has 1 aliphatic heterocycles. The molecule has 160 valence electrons. The number of hydrogen-bond donors (Lipinski definition) is 2. The second-order valence-corrected chi connectivity index (χ2v) is 10.1. The van der Waals surface area contributed by atoms with Gasteiger partial charge in [0.2, 0.25) is 0 Å². The van der Waals surface area contributed by atoms with Gasteiger partial charge in [0.05, 0.1) is 0 Å². The van der Waals surface area contributed by atoms with Gasteiger partial charge in [0.25, 0.3) is 0 Å². The average molecular weight is 416 g/mol. The Morgan fingerprint density at radius 1 is 1.10 bits per heavy atom. The lowest BCUT2D eigenvalue weighted by atomic mass is 9.44. The number of Topliss-reactive ketones (excluding diaryl/α,β-unsaturated/α-hetero) is 1. The zero-order valence-electron chi connectivity index (χ0n) is 18.2. The monoisotopic (exact) mass is 415 g/mol. The van der Waals surface area contributed by atoms with Crippen LogP contribution in [0, 0.1) is 11.3 Å². The van der Waals surface area contributed by atoms with Crippen LogP contribution in [0.2, 0.25) is 0 Å². The lowest BCUT2D eigenvalue weighted by Crippen LogP contribution is -2.67. The molecular weight excluding hydrogens is 386 g/mol. The smallest absolute Gasteiger partial charge is 0.161 e. The molecule has 2 aromatic rings. The molecule has 0 radical (unpaired) electrons. The molecule has 2 aromatic carbocycles. The molecule has 3 fully saturated rings. The highest BCUT2D eigenvalue weighted by atomic mass is 16.3. The summed E-state index contributed by atoms with van der Waals surface area (Å²) in [6, 6.07) is 14.3. The van der Waals surface area contributed by atoms with Crippen molar-refractivity contribution in [3.8, 4) is 11.5 Å². The van der Waals surface area contributed by atoms with E-state index in [9.17, 15) is 15.0 Å². The van der Waals surface area contributed by atoms with Crippen LogP contribution in [0.3, 0.4) is 0 Å². The van der Waals surface area contributed by atoms with Gasteiger partial charge < -0.3 is 15.1 Å². The highest BCUT2D eigenvalue weighted by Gasteiger charge is 2.73. The summed E-state index contributed by atoms with van der Waals surface area (Å²) in [5, 5.41) is 21.6. The third kappa shape index (κ3) is 2.17. The SMILES string of the molecule is C/C(=C1\C[C@@]23CCC(=O)C1[C@@]21CCN(C)[C@@H]3Cc2ccc(O)c(O)c21)c1ccccc1.